The molecule has 2 aliphatic carbocycles. The third kappa shape index (κ3) is 2.15. The van der Waals surface area contributed by atoms with E-state index in [4.69, 9.17) is 0 Å². The Labute approximate surface area is 126 Å². The van der Waals surface area contributed by atoms with Crippen molar-refractivity contribution in [3.05, 3.63) is 83.5 Å². The van der Waals surface area contributed by atoms with Gasteiger partial charge in [-0.2, -0.15) is 0 Å². The second-order valence-electron chi connectivity index (χ2n) is 6.50. The van der Waals surface area contributed by atoms with Gasteiger partial charge in [-0.15, -0.1) is 0 Å². The molecule has 0 saturated heterocycles. The molecule has 0 aliphatic heterocycles. The molecule has 104 valence electrons. The van der Waals surface area contributed by atoms with Crippen LogP contribution in [0.2, 0.25) is 0 Å². The maximum atomic E-state index is 2.32. The van der Waals surface area contributed by atoms with Gasteiger partial charge in [0.05, 0.1) is 0 Å². The monoisotopic (exact) mass is 272 g/mol. The van der Waals surface area contributed by atoms with E-state index in [1.807, 2.05) is 0 Å². The lowest BCUT2D eigenvalue weighted by atomic mass is 9.84. The molecule has 0 N–H and O–H groups in total. The van der Waals surface area contributed by atoms with E-state index in [-0.39, 0.29) is 5.41 Å². The summed E-state index contributed by atoms with van der Waals surface area (Å²) in [6, 6.07) is 15.6. The minimum absolute atomic E-state index is 0.244. The summed E-state index contributed by atoms with van der Waals surface area (Å²) in [7, 11) is 0. The Morgan fingerprint density at radius 2 is 1.67 bits per heavy atom. The highest BCUT2D eigenvalue weighted by molar-refractivity contribution is 5.77. The quantitative estimate of drug-likeness (QED) is 0.605. The lowest BCUT2D eigenvalue weighted by molar-refractivity contribution is 0.506. The predicted octanol–water partition coefficient (Wildman–Crippen LogP) is 5.32. The summed E-state index contributed by atoms with van der Waals surface area (Å²) in [5, 5.41) is 0. The van der Waals surface area contributed by atoms with Crippen molar-refractivity contribution in [3.8, 4) is 11.1 Å². The fourth-order valence-corrected chi connectivity index (χ4v) is 3.63. The number of hydrogen-bond acceptors (Lipinski definition) is 0. The normalized spacial score (nSPS) is 17.0. The Balaban J connectivity index is 1.64. The largest absolute Gasteiger partial charge is 0.0748 e. The molecule has 0 heteroatoms. The summed E-state index contributed by atoms with van der Waals surface area (Å²) in [6.45, 7) is 2.32. The molecule has 2 aromatic carbocycles. The molecule has 0 nitrogen and oxygen atoms in total. The lowest BCUT2D eigenvalue weighted by Crippen LogP contribution is -2.09. The van der Waals surface area contributed by atoms with Crippen LogP contribution in [-0.2, 0) is 12.8 Å². The average Bonchev–Trinajstić information content (AvgIpc) is 3.10. The van der Waals surface area contributed by atoms with Crippen LogP contribution < -0.4 is 0 Å². The van der Waals surface area contributed by atoms with Gasteiger partial charge >= 0.3 is 0 Å². The molecule has 2 aromatic rings. The van der Waals surface area contributed by atoms with E-state index in [0.29, 0.717) is 0 Å². The van der Waals surface area contributed by atoms with Crippen molar-refractivity contribution in [2.75, 3.05) is 0 Å². The molecule has 21 heavy (non-hydrogen) atoms. The van der Waals surface area contributed by atoms with E-state index >= 15 is 0 Å². The third-order valence-corrected chi connectivity index (χ3v) is 4.95. The van der Waals surface area contributed by atoms with Crippen LogP contribution >= 0.6 is 0 Å². The smallest absolute Gasteiger partial charge is 0.00420 e. The number of hydrogen-bond donors (Lipinski definition) is 0. The minimum atomic E-state index is 0.244. The highest BCUT2D eigenvalue weighted by atomic mass is 14.3. The van der Waals surface area contributed by atoms with Crippen LogP contribution in [0.1, 0.15) is 30.0 Å². The maximum Gasteiger partial charge on any atom is 0.00420 e. The van der Waals surface area contributed by atoms with E-state index in [2.05, 4.69) is 73.7 Å². The highest BCUT2D eigenvalue weighted by Gasteiger charge is 2.23. The molecule has 0 bridgehead atoms. The SMILES string of the molecule is CC1(CCc2cccc3c2Cc2ccccc2-3)C=CC=C1. The van der Waals surface area contributed by atoms with Crippen molar-refractivity contribution in [1.29, 1.82) is 0 Å². The molecule has 0 heterocycles. The number of allylic oxidation sites excluding steroid dienone is 4. The Morgan fingerprint density at radius 1 is 0.905 bits per heavy atom. The molecule has 2 aliphatic rings. The summed E-state index contributed by atoms with van der Waals surface area (Å²) < 4.78 is 0. The zero-order chi connectivity index (χ0) is 14.3. The summed E-state index contributed by atoms with van der Waals surface area (Å²) in [5.41, 5.74) is 7.68. The molecule has 0 atom stereocenters. The summed E-state index contributed by atoms with van der Waals surface area (Å²) >= 11 is 0. The Hall–Kier alpha value is -2.08. The molecule has 0 saturated carbocycles. The van der Waals surface area contributed by atoms with Crippen molar-refractivity contribution in [2.24, 2.45) is 5.41 Å². The van der Waals surface area contributed by atoms with E-state index in [0.717, 1.165) is 12.8 Å². The standard InChI is InChI=1S/C21H20/c1-21(12-4-5-13-21)14-11-16-8-6-10-19-18-9-3-2-7-17(18)15-20(16)19/h2-10,12-13H,11,14-15H2,1H3. The first-order chi connectivity index (χ1) is 10.3. The Kier molecular flexibility index (Phi) is 2.85. The van der Waals surface area contributed by atoms with Crippen molar-refractivity contribution in [1.82, 2.24) is 0 Å². The number of fused-ring (bicyclic) bond motifs is 3. The highest BCUT2D eigenvalue weighted by Crippen LogP contribution is 2.39. The average molecular weight is 272 g/mol. The first-order valence-corrected chi connectivity index (χ1v) is 7.81. The van der Waals surface area contributed by atoms with Gasteiger partial charge in [0.2, 0.25) is 0 Å². The lowest BCUT2D eigenvalue weighted by Gasteiger charge is -2.20. The van der Waals surface area contributed by atoms with Crippen LogP contribution in [0.4, 0.5) is 0 Å². The van der Waals surface area contributed by atoms with Gasteiger partial charge in [-0.05, 0) is 47.1 Å². The zero-order valence-electron chi connectivity index (χ0n) is 12.5. The third-order valence-electron chi connectivity index (χ3n) is 4.95. The summed E-state index contributed by atoms with van der Waals surface area (Å²) in [5.74, 6) is 0. The molecule has 0 spiro atoms. The van der Waals surface area contributed by atoms with Gasteiger partial charge in [0.25, 0.3) is 0 Å². The molecule has 0 aromatic heterocycles. The van der Waals surface area contributed by atoms with Gasteiger partial charge in [-0.3, -0.25) is 0 Å². The van der Waals surface area contributed by atoms with E-state index in [1.165, 1.54) is 28.7 Å². The molecular weight excluding hydrogens is 252 g/mol. The van der Waals surface area contributed by atoms with Crippen LogP contribution in [0.5, 0.6) is 0 Å². The molecule has 0 unspecified atom stereocenters. The van der Waals surface area contributed by atoms with Gasteiger partial charge in [0.15, 0.2) is 0 Å². The van der Waals surface area contributed by atoms with Gasteiger partial charge in [0, 0.05) is 5.41 Å². The minimum Gasteiger partial charge on any atom is -0.0748 e. The molecule has 0 amide bonds. The second-order valence-corrected chi connectivity index (χ2v) is 6.50. The van der Waals surface area contributed by atoms with Crippen LogP contribution in [0.3, 0.4) is 0 Å². The van der Waals surface area contributed by atoms with Gasteiger partial charge < -0.3 is 0 Å². The summed E-state index contributed by atoms with van der Waals surface area (Å²) in [4.78, 5) is 0. The molecular formula is C21H20. The van der Waals surface area contributed by atoms with Gasteiger partial charge in [0.1, 0.15) is 0 Å². The number of aryl methyl sites for hydroxylation is 1. The van der Waals surface area contributed by atoms with Crippen molar-refractivity contribution >= 4 is 0 Å². The second kappa shape index (κ2) is 4.73. The van der Waals surface area contributed by atoms with Gasteiger partial charge in [-0.1, -0.05) is 73.7 Å². The fraction of sp³-hybridized carbons (Fsp3) is 0.238. The van der Waals surface area contributed by atoms with Crippen molar-refractivity contribution in [2.45, 2.75) is 26.2 Å². The van der Waals surface area contributed by atoms with Crippen LogP contribution in [0.15, 0.2) is 66.8 Å². The number of benzene rings is 2. The Bertz CT molecular complexity index is 734. The summed E-state index contributed by atoms with van der Waals surface area (Å²) in [6.07, 6.45) is 12.4. The van der Waals surface area contributed by atoms with Crippen LogP contribution in [0, 0.1) is 5.41 Å². The van der Waals surface area contributed by atoms with Gasteiger partial charge in [-0.25, -0.2) is 0 Å². The topological polar surface area (TPSA) is 0 Å². The van der Waals surface area contributed by atoms with Crippen molar-refractivity contribution in [3.63, 3.8) is 0 Å². The number of rotatable bonds is 3. The van der Waals surface area contributed by atoms with Crippen molar-refractivity contribution < 1.29 is 0 Å². The first kappa shape index (κ1) is 12.6. The maximum absolute atomic E-state index is 2.32. The van der Waals surface area contributed by atoms with E-state index in [9.17, 15) is 0 Å². The van der Waals surface area contributed by atoms with Crippen LogP contribution in [0.25, 0.3) is 11.1 Å². The first-order valence-electron chi connectivity index (χ1n) is 7.81. The molecule has 4 rings (SSSR count). The van der Waals surface area contributed by atoms with Crippen LogP contribution in [-0.4, -0.2) is 0 Å². The van der Waals surface area contributed by atoms with E-state index in [1.54, 1.807) is 5.56 Å². The fourth-order valence-electron chi connectivity index (χ4n) is 3.63. The molecule has 0 radical (unpaired) electrons. The molecule has 0 fully saturated rings. The Morgan fingerprint density at radius 3 is 2.52 bits per heavy atom. The van der Waals surface area contributed by atoms with E-state index < -0.39 is 0 Å². The predicted molar refractivity (Wildman–Crippen MR) is 89.4 cm³/mol. The zero-order valence-corrected chi connectivity index (χ0v) is 12.5.